The first-order valence-electron chi connectivity index (χ1n) is 8.60. The van der Waals surface area contributed by atoms with Crippen molar-refractivity contribution in [2.45, 2.75) is 38.3 Å². The number of aromatic nitrogens is 1. The van der Waals surface area contributed by atoms with Crippen molar-refractivity contribution in [2.24, 2.45) is 0 Å². The van der Waals surface area contributed by atoms with Gasteiger partial charge in [-0.3, -0.25) is 9.59 Å². The molecule has 6 heteroatoms. The molecule has 0 radical (unpaired) electrons. The molecule has 1 unspecified atom stereocenters. The molecule has 6 nitrogen and oxygen atoms in total. The number of nitrogens with one attached hydrogen (secondary N) is 1. The molecule has 0 saturated carbocycles. The fourth-order valence-corrected chi connectivity index (χ4v) is 3.36. The molecule has 2 heterocycles. The number of rotatable bonds is 5. The summed E-state index contributed by atoms with van der Waals surface area (Å²) in [6.07, 6.45) is 2.96. The van der Waals surface area contributed by atoms with E-state index in [4.69, 9.17) is 5.73 Å². The van der Waals surface area contributed by atoms with Gasteiger partial charge in [-0.25, -0.2) is 0 Å². The zero-order chi connectivity index (χ0) is 17.8. The number of hydrogen-bond donors (Lipinski definition) is 3. The summed E-state index contributed by atoms with van der Waals surface area (Å²) in [5, 5.41) is 12.3. The van der Waals surface area contributed by atoms with Gasteiger partial charge in [-0.15, -0.1) is 0 Å². The first kappa shape index (κ1) is 17.2. The summed E-state index contributed by atoms with van der Waals surface area (Å²) in [6, 6.07) is 10.7. The normalized spacial score (nSPS) is 14.6. The number of hydrogen-bond acceptors (Lipinski definition) is 4. The molecular formula is C19H23N3O3. The van der Waals surface area contributed by atoms with E-state index in [-0.39, 0.29) is 29.8 Å². The number of nitrogens with two attached hydrogens (primary N) is 1. The van der Waals surface area contributed by atoms with Gasteiger partial charge < -0.3 is 20.7 Å². The van der Waals surface area contributed by atoms with E-state index in [0.717, 1.165) is 24.1 Å². The van der Waals surface area contributed by atoms with Crippen molar-refractivity contribution in [1.82, 2.24) is 9.88 Å². The van der Waals surface area contributed by atoms with Crippen LogP contribution in [0.3, 0.4) is 0 Å². The van der Waals surface area contributed by atoms with Crippen LogP contribution in [-0.4, -0.2) is 22.2 Å². The van der Waals surface area contributed by atoms with Crippen molar-refractivity contribution in [1.29, 1.82) is 0 Å². The van der Waals surface area contributed by atoms with Crippen LogP contribution >= 0.6 is 0 Å². The molecule has 1 aromatic carbocycles. The molecule has 132 valence electrons. The van der Waals surface area contributed by atoms with Gasteiger partial charge in [0.25, 0.3) is 11.5 Å². The van der Waals surface area contributed by atoms with Crippen molar-refractivity contribution in [3.05, 3.63) is 63.6 Å². The minimum Gasteiger partial charge on any atom is -0.396 e. The number of aliphatic hydroxyl groups is 1. The standard InChI is InChI=1S/C19H23N3O3/c20-15-12-14(17-8-4-5-10-22(17)19(15)25)18(24)21-16(9-11-23)13-6-2-1-3-7-13/h1-3,6-7,12,16,23H,4-5,8-11,20H2,(H,21,24). The van der Waals surface area contributed by atoms with Crippen LogP contribution in [0.4, 0.5) is 5.69 Å². The summed E-state index contributed by atoms with van der Waals surface area (Å²) in [4.78, 5) is 25.1. The third-order valence-corrected chi connectivity index (χ3v) is 4.64. The molecular weight excluding hydrogens is 318 g/mol. The lowest BCUT2D eigenvalue weighted by Crippen LogP contribution is -2.35. The molecule has 0 bridgehead atoms. The number of carbonyl (C=O) groups excluding carboxylic acids is 1. The summed E-state index contributed by atoms with van der Waals surface area (Å²) in [5.74, 6) is -0.264. The Morgan fingerprint density at radius 3 is 2.76 bits per heavy atom. The predicted octanol–water partition coefficient (Wildman–Crippen LogP) is 1.62. The number of nitrogen functional groups attached to an aromatic ring is 1. The average molecular weight is 341 g/mol. The molecule has 1 aromatic heterocycles. The SMILES string of the molecule is Nc1cc(C(=O)NC(CCO)c2ccccc2)c2n(c1=O)CCCC2. The molecule has 2 aromatic rings. The van der Waals surface area contributed by atoms with Gasteiger partial charge in [-0.1, -0.05) is 30.3 Å². The Morgan fingerprint density at radius 2 is 2.04 bits per heavy atom. The second-order valence-corrected chi connectivity index (χ2v) is 6.32. The van der Waals surface area contributed by atoms with E-state index in [1.807, 2.05) is 30.3 Å². The second kappa shape index (κ2) is 7.53. The quantitative estimate of drug-likeness (QED) is 0.770. The van der Waals surface area contributed by atoms with Gasteiger partial charge in [0.05, 0.1) is 17.3 Å². The summed E-state index contributed by atoms with van der Waals surface area (Å²) in [7, 11) is 0. The highest BCUT2D eigenvalue weighted by Gasteiger charge is 2.23. The number of pyridine rings is 1. The van der Waals surface area contributed by atoms with E-state index in [0.29, 0.717) is 24.9 Å². The van der Waals surface area contributed by atoms with Crippen LogP contribution in [0.25, 0.3) is 0 Å². The molecule has 0 aliphatic carbocycles. The molecule has 4 N–H and O–H groups in total. The monoisotopic (exact) mass is 341 g/mol. The maximum atomic E-state index is 12.9. The second-order valence-electron chi connectivity index (χ2n) is 6.32. The Labute approximate surface area is 146 Å². The summed E-state index contributed by atoms with van der Waals surface area (Å²) in [5.41, 5.74) is 7.83. The average Bonchev–Trinajstić information content (AvgIpc) is 2.65. The fraction of sp³-hybridized carbons (Fsp3) is 0.368. The first-order chi connectivity index (χ1) is 12.1. The summed E-state index contributed by atoms with van der Waals surface area (Å²) >= 11 is 0. The molecule has 0 fully saturated rings. The number of amides is 1. The Bertz CT molecular complexity index is 815. The molecule has 0 saturated heterocycles. The summed E-state index contributed by atoms with van der Waals surface area (Å²) < 4.78 is 1.62. The summed E-state index contributed by atoms with van der Waals surface area (Å²) in [6.45, 7) is 0.562. The van der Waals surface area contributed by atoms with Crippen molar-refractivity contribution < 1.29 is 9.90 Å². The van der Waals surface area contributed by atoms with Gasteiger partial charge in [0.1, 0.15) is 0 Å². The molecule has 1 aliphatic rings. The number of nitrogens with zero attached hydrogens (tertiary/aromatic N) is 1. The minimum atomic E-state index is -0.295. The van der Waals surface area contributed by atoms with Crippen LogP contribution in [-0.2, 0) is 13.0 Å². The molecule has 1 amide bonds. The van der Waals surface area contributed by atoms with E-state index in [9.17, 15) is 14.7 Å². The Balaban J connectivity index is 1.92. The van der Waals surface area contributed by atoms with Crippen molar-refractivity contribution in [3.63, 3.8) is 0 Å². The van der Waals surface area contributed by atoms with Gasteiger partial charge in [-0.05, 0) is 37.3 Å². The number of aliphatic hydroxyl groups excluding tert-OH is 1. The lowest BCUT2D eigenvalue weighted by molar-refractivity contribution is 0.0927. The lowest BCUT2D eigenvalue weighted by Gasteiger charge is -2.24. The van der Waals surface area contributed by atoms with Crippen LogP contribution in [0.15, 0.2) is 41.2 Å². The van der Waals surface area contributed by atoms with E-state index >= 15 is 0 Å². The van der Waals surface area contributed by atoms with Crippen LogP contribution in [0.2, 0.25) is 0 Å². The first-order valence-corrected chi connectivity index (χ1v) is 8.60. The smallest absolute Gasteiger partial charge is 0.273 e. The Morgan fingerprint density at radius 1 is 1.28 bits per heavy atom. The fourth-order valence-electron chi connectivity index (χ4n) is 3.36. The topological polar surface area (TPSA) is 97.3 Å². The van der Waals surface area contributed by atoms with Gasteiger partial charge >= 0.3 is 0 Å². The number of benzene rings is 1. The third-order valence-electron chi connectivity index (χ3n) is 4.64. The van der Waals surface area contributed by atoms with Crippen LogP contribution in [0, 0.1) is 0 Å². The largest absolute Gasteiger partial charge is 0.396 e. The van der Waals surface area contributed by atoms with Crippen LogP contribution < -0.4 is 16.6 Å². The lowest BCUT2D eigenvalue weighted by atomic mass is 10.00. The molecule has 1 atom stereocenters. The number of anilines is 1. The van der Waals surface area contributed by atoms with Gasteiger partial charge in [0.2, 0.25) is 0 Å². The Hall–Kier alpha value is -2.60. The molecule has 0 spiro atoms. The van der Waals surface area contributed by atoms with Gasteiger partial charge in [0, 0.05) is 18.8 Å². The zero-order valence-electron chi connectivity index (χ0n) is 14.1. The highest BCUT2D eigenvalue weighted by molar-refractivity contribution is 5.96. The van der Waals surface area contributed by atoms with Crippen molar-refractivity contribution in [2.75, 3.05) is 12.3 Å². The maximum Gasteiger partial charge on any atom is 0.273 e. The minimum absolute atomic E-state index is 0.0334. The number of fused-ring (bicyclic) bond motifs is 1. The van der Waals surface area contributed by atoms with E-state index in [2.05, 4.69) is 5.32 Å². The number of carbonyl (C=O) groups is 1. The maximum absolute atomic E-state index is 12.9. The van der Waals surface area contributed by atoms with Gasteiger partial charge in [-0.2, -0.15) is 0 Å². The Kier molecular flexibility index (Phi) is 5.19. The van der Waals surface area contributed by atoms with E-state index in [1.165, 1.54) is 6.07 Å². The molecule has 1 aliphatic heterocycles. The van der Waals surface area contributed by atoms with Crippen LogP contribution in [0.5, 0.6) is 0 Å². The van der Waals surface area contributed by atoms with E-state index in [1.54, 1.807) is 4.57 Å². The predicted molar refractivity (Wildman–Crippen MR) is 96.4 cm³/mol. The molecule has 3 rings (SSSR count). The molecule has 25 heavy (non-hydrogen) atoms. The highest BCUT2D eigenvalue weighted by atomic mass is 16.3. The van der Waals surface area contributed by atoms with Crippen molar-refractivity contribution in [3.8, 4) is 0 Å². The van der Waals surface area contributed by atoms with Gasteiger partial charge in [0.15, 0.2) is 0 Å². The van der Waals surface area contributed by atoms with E-state index < -0.39 is 0 Å². The third kappa shape index (κ3) is 3.58. The zero-order valence-corrected chi connectivity index (χ0v) is 14.1. The van der Waals surface area contributed by atoms with Crippen LogP contribution in [0.1, 0.15) is 46.9 Å². The van der Waals surface area contributed by atoms with Crippen molar-refractivity contribution >= 4 is 11.6 Å². The highest BCUT2D eigenvalue weighted by Crippen LogP contribution is 2.21.